The van der Waals surface area contributed by atoms with E-state index in [-0.39, 0.29) is 0 Å². The monoisotopic (exact) mass is 326 g/mol. The summed E-state index contributed by atoms with van der Waals surface area (Å²) in [5.74, 6) is 0.482. The minimum Gasteiger partial charge on any atom is -0.371 e. The molecule has 0 amide bonds. The summed E-state index contributed by atoms with van der Waals surface area (Å²) in [5.41, 5.74) is 2.26. The van der Waals surface area contributed by atoms with Crippen LogP contribution in [0.15, 0.2) is 18.2 Å². The quantitative estimate of drug-likeness (QED) is 0.753. The molecule has 2 fully saturated rings. The predicted molar refractivity (Wildman–Crippen MR) is 91.7 cm³/mol. The molecule has 21 heavy (non-hydrogen) atoms. The van der Waals surface area contributed by atoms with Gasteiger partial charge in [-0.05, 0) is 56.5 Å². The van der Waals surface area contributed by atoms with Gasteiger partial charge in [-0.3, -0.25) is 0 Å². The molecule has 0 radical (unpaired) electrons. The van der Waals surface area contributed by atoms with Gasteiger partial charge in [0.15, 0.2) is 0 Å². The van der Waals surface area contributed by atoms with Gasteiger partial charge in [-0.1, -0.05) is 24.1 Å². The highest BCUT2D eigenvalue weighted by Crippen LogP contribution is 2.28. The summed E-state index contributed by atoms with van der Waals surface area (Å²) in [7, 11) is 0. The second-order valence-electron chi connectivity index (χ2n) is 6.22. The molecule has 0 aromatic heterocycles. The first-order chi connectivity index (χ1) is 10.3. The molecule has 2 nitrogen and oxygen atoms in total. The fourth-order valence-electron chi connectivity index (χ4n) is 3.61. The summed E-state index contributed by atoms with van der Waals surface area (Å²) in [6.45, 7) is 4.89. The van der Waals surface area contributed by atoms with Gasteiger partial charge in [0.1, 0.15) is 0 Å². The van der Waals surface area contributed by atoms with Crippen LogP contribution in [0.2, 0.25) is 5.02 Å². The van der Waals surface area contributed by atoms with Crippen LogP contribution < -0.4 is 4.90 Å². The highest BCUT2D eigenvalue weighted by atomic mass is 35.5. The lowest BCUT2D eigenvalue weighted by atomic mass is 9.99. The number of alkyl halides is 1. The van der Waals surface area contributed by atoms with Crippen LogP contribution >= 0.6 is 23.2 Å². The molecule has 1 aromatic rings. The third kappa shape index (κ3) is 3.67. The molecule has 2 aliphatic rings. The SMILES string of the molecule is ClCc1ccc(N2CCC(N3CCCCC3)CC2)cc1Cl. The molecule has 1 aromatic carbocycles. The normalized spacial score (nSPS) is 21.7. The zero-order valence-electron chi connectivity index (χ0n) is 12.5. The van der Waals surface area contributed by atoms with E-state index in [1.165, 1.54) is 50.9 Å². The Morgan fingerprint density at radius 2 is 1.71 bits per heavy atom. The van der Waals surface area contributed by atoms with Crippen molar-refractivity contribution in [2.45, 2.75) is 44.0 Å². The van der Waals surface area contributed by atoms with Gasteiger partial charge in [0.2, 0.25) is 0 Å². The van der Waals surface area contributed by atoms with Crippen LogP contribution in [0, 0.1) is 0 Å². The van der Waals surface area contributed by atoms with Crippen molar-refractivity contribution in [2.75, 3.05) is 31.1 Å². The number of likely N-dealkylation sites (tertiary alicyclic amines) is 1. The molecule has 116 valence electrons. The largest absolute Gasteiger partial charge is 0.371 e. The molecule has 0 aliphatic carbocycles. The Kier molecular flexibility index (Phi) is 5.31. The third-order valence-electron chi connectivity index (χ3n) is 4.92. The standard InChI is InChI=1S/C17H24Cl2N2/c18-13-14-4-5-16(12-17(14)19)21-10-6-15(7-11-21)20-8-2-1-3-9-20/h4-5,12,15H,1-3,6-11,13H2. The average Bonchev–Trinajstić information content (AvgIpc) is 2.56. The number of anilines is 1. The lowest BCUT2D eigenvalue weighted by Gasteiger charge is -2.41. The number of rotatable bonds is 3. The zero-order valence-corrected chi connectivity index (χ0v) is 14.0. The van der Waals surface area contributed by atoms with Crippen molar-refractivity contribution >= 4 is 28.9 Å². The zero-order chi connectivity index (χ0) is 14.7. The first kappa shape index (κ1) is 15.5. The van der Waals surface area contributed by atoms with E-state index in [1.807, 2.05) is 0 Å². The number of piperidine rings is 2. The molecule has 2 aliphatic heterocycles. The number of hydrogen-bond acceptors (Lipinski definition) is 2. The van der Waals surface area contributed by atoms with Crippen molar-refractivity contribution in [2.24, 2.45) is 0 Å². The molecular weight excluding hydrogens is 303 g/mol. The number of benzene rings is 1. The van der Waals surface area contributed by atoms with E-state index in [2.05, 4.69) is 28.0 Å². The molecule has 0 bridgehead atoms. The molecule has 0 spiro atoms. The summed E-state index contributed by atoms with van der Waals surface area (Å²) in [6.07, 6.45) is 6.73. The van der Waals surface area contributed by atoms with Crippen LogP contribution in [0.3, 0.4) is 0 Å². The van der Waals surface area contributed by atoms with E-state index in [1.54, 1.807) is 0 Å². The van der Waals surface area contributed by atoms with E-state index in [4.69, 9.17) is 23.2 Å². The van der Waals surface area contributed by atoms with Crippen molar-refractivity contribution in [1.29, 1.82) is 0 Å². The average molecular weight is 327 g/mol. The van der Waals surface area contributed by atoms with Crippen molar-refractivity contribution in [1.82, 2.24) is 4.90 Å². The second kappa shape index (κ2) is 7.21. The van der Waals surface area contributed by atoms with Gasteiger partial charge in [-0.2, -0.15) is 0 Å². The van der Waals surface area contributed by atoms with Gasteiger partial charge in [0.25, 0.3) is 0 Å². The fourth-order valence-corrected chi connectivity index (χ4v) is 4.16. The minimum atomic E-state index is 0.482. The van der Waals surface area contributed by atoms with E-state index in [0.717, 1.165) is 29.7 Å². The molecule has 3 rings (SSSR count). The highest BCUT2D eigenvalue weighted by molar-refractivity contribution is 6.32. The maximum absolute atomic E-state index is 6.28. The Hall–Kier alpha value is -0.440. The maximum atomic E-state index is 6.28. The molecule has 4 heteroatoms. The van der Waals surface area contributed by atoms with Crippen molar-refractivity contribution in [3.05, 3.63) is 28.8 Å². The van der Waals surface area contributed by atoms with E-state index in [9.17, 15) is 0 Å². The number of hydrogen-bond donors (Lipinski definition) is 0. The smallest absolute Gasteiger partial charge is 0.0488 e. The first-order valence-electron chi connectivity index (χ1n) is 8.11. The summed E-state index contributed by atoms with van der Waals surface area (Å²) in [4.78, 5) is 5.18. The van der Waals surface area contributed by atoms with Gasteiger partial charge in [-0.15, -0.1) is 11.6 Å². The van der Waals surface area contributed by atoms with Gasteiger partial charge in [0.05, 0.1) is 0 Å². The van der Waals surface area contributed by atoms with E-state index >= 15 is 0 Å². The van der Waals surface area contributed by atoms with Gasteiger partial charge in [-0.25, -0.2) is 0 Å². The molecule has 0 unspecified atom stereocenters. The molecule has 0 N–H and O–H groups in total. The van der Waals surface area contributed by atoms with E-state index in [0.29, 0.717) is 5.88 Å². The van der Waals surface area contributed by atoms with Crippen LogP contribution in [0.1, 0.15) is 37.7 Å². The summed E-state index contributed by atoms with van der Waals surface area (Å²) < 4.78 is 0. The number of halogens is 2. The lowest BCUT2D eigenvalue weighted by Crippen LogP contribution is -2.46. The van der Waals surface area contributed by atoms with Crippen LogP contribution in [0.4, 0.5) is 5.69 Å². The van der Waals surface area contributed by atoms with Crippen molar-refractivity contribution in [3.63, 3.8) is 0 Å². The van der Waals surface area contributed by atoms with Crippen molar-refractivity contribution in [3.8, 4) is 0 Å². The van der Waals surface area contributed by atoms with Gasteiger partial charge < -0.3 is 9.80 Å². The Bertz CT molecular complexity index is 464. The Balaban J connectivity index is 1.58. The van der Waals surface area contributed by atoms with Crippen LogP contribution in [0.25, 0.3) is 0 Å². The molecular formula is C17H24Cl2N2. The Morgan fingerprint density at radius 1 is 1.00 bits per heavy atom. The third-order valence-corrected chi connectivity index (χ3v) is 5.56. The molecule has 0 saturated carbocycles. The maximum Gasteiger partial charge on any atom is 0.0488 e. The van der Waals surface area contributed by atoms with E-state index < -0.39 is 0 Å². The first-order valence-corrected chi connectivity index (χ1v) is 9.02. The van der Waals surface area contributed by atoms with Crippen LogP contribution in [-0.4, -0.2) is 37.1 Å². The Labute approximate surface area is 138 Å². The van der Waals surface area contributed by atoms with Gasteiger partial charge >= 0.3 is 0 Å². The topological polar surface area (TPSA) is 6.48 Å². The lowest BCUT2D eigenvalue weighted by molar-refractivity contribution is 0.141. The minimum absolute atomic E-state index is 0.482. The summed E-state index contributed by atoms with van der Waals surface area (Å²) in [5, 5.41) is 0.792. The number of nitrogens with zero attached hydrogens (tertiary/aromatic N) is 2. The predicted octanol–water partition coefficient (Wildman–Crippen LogP) is 4.53. The second-order valence-corrected chi connectivity index (χ2v) is 6.90. The van der Waals surface area contributed by atoms with Crippen molar-refractivity contribution < 1.29 is 0 Å². The Morgan fingerprint density at radius 3 is 2.33 bits per heavy atom. The van der Waals surface area contributed by atoms with Crippen LogP contribution in [0.5, 0.6) is 0 Å². The summed E-state index contributed by atoms with van der Waals surface area (Å²) >= 11 is 12.2. The molecule has 0 atom stereocenters. The fraction of sp³-hybridized carbons (Fsp3) is 0.647. The van der Waals surface area contributed by atoms with Crippen LogP contribution in [-0.2, 0) is 5.88 Å². The molecule has 2 heterocycles. The van der Waals surface area contributed by atoms with Gasteiger partial charge in [0, 0.05) is 35.7 Å². The highest BCUT2D eigenvalue weighted by Gasteiger charge is 2.25. The molecule has 2 saturated heterocycles. The summed E-state index contributed by atoms with van der Waals surface area (Å²) in [6, 6.07) is 7.08.